The van der Waals surface area contributed by atoms with Gasteiger partial charge in [0.2, 0.25) is 0 Å². The normalized spacial score (nSPS) is 19.5. The Labute approximate surface area is 158 Å². The molecule has 9 heteroatoms. The fraction of sp³-hybridized carbons (Fsp3) is 0.412. The Kier molecular flexibility index (Phi) is 5.83. The van der Waals surface area contributed by atoms with Gasteiger partial charge in [-0.3, -0.25) is 0 Å². The lowest BCUT2D eigenvalue weighted by Crippen LogP contribution is -2.44. The fourth-order valence-corrected chi connectivity index (χ4v) is 4.57. The molecule has 2 heterocycles. The van der Waals surface area contributed by atoms with Crippen LogP contribution in [0, 0.1) is 0 Å². The molecule has 1 aromatic carbocycles. The summed E-state index contributed by atoms with van der Waals surface area (Å²) in [6, 6.07) is 7.34. The molecule has 1 aromatic heterocycles. The number of hydrogen-bond acceptors (Lipinski definition) is 4. The van der Waals surface area contributed by atoms with Crippen molar-refractivity contribution in [1.29, 1.82) is 0 Å². The van der Waals surface area contributed by atoms with E-state index in [0.29, 0.717) is 30.5 Å². The summed E-state index contributed by atoms with van der Waals surface area (Å²) in [6.07, 6.45) is 4.29. The summed E-state index contributed by atoms with van der Waals surface area (Å²) in [4.78, 5) is 4.54. The highest BCUT2D eigenvalue weighted by Crippen LogP contribution is 2.14. The van der Waals surface area contributed by atoms with Crippen LogP contribution in [0.3, 0.4) is 0 Å². The van der Waals surface area contributed by atoms with Crippen LogP contribution in [0.15, 0.2) is 41.7 Å². The molecule has 2 aromatic rings. The van der Waals surface area contributed by atoms with Crippen molar-refractivity contribution in [2.45, 2.75) is 25.9 Å². The van der Waals surface area contributed by atoms with E-state index < -0.39 is 9.84 Å². The van der Waals surface area contributed by atoms with Gasteiger partial charge in [-0.1, -0.05) is 11.6 Å². The largest absolute Gasteiger partial charge is 0.357 e. The second kappa shape index (κ2) is 8.09. The smallest absolute Gasteiger partial charge is 0.191 e. The first kappa shape index (κ1) is 18.7. The van der Waals surface area contributed by atoms with Gasteiger partial charge in [-0.05, 0) is 37.6 Å². The van der Waals surface area contributed by atoms with E-state index in [0.717, 1.165) is 11.3 Å². The van der Waals surface area contributed by atoms with Crippen LogP contribution < -0.4 is 10.6 Å². The lowest BCUT2D eigenvalue weighted by Gasteiger charge is -2.15. The van der Waals surface area contributed by atoms with E-state index in [4.69, 9.17) is 11.6 Å². The molecular formula is C17H22ClN5O2S. The van der Waals surface area contributed by atoms with Crippen molar-refractivity contribution in [2.75, 3.05) is 18.1 Å². The fourth-order valence-electron chi connectivity index (χ4n) is 2.77. The monoisotopic (exact) mass is 395 g/mol. The van der Waals surface area contributed by atoms with Crippen molar-refractivity contribution in [3.8, 4) is 5.69 Å². The first-order valence-electron chi connectivity index (χ1n) is 8.50. The van der Waals surface area contributed by atoms with Crippen LogP contribution in [-0.2, 0) is 16.4 Å². The second-order valence-electron chi connectivity index (χ2n) is 6.21. The van der Waals surface area contributed by atoms with E-state index in [-0.39, 0.29) is 17.5 Å². The molecule has 0 saturated carbocycles. The van der Waals surface area contributed by atoms with Gasteiger partial charge < -0.3 is 10.6 Å². The second-order valence-corrected chi connectivity index (χ2v) is 8.87. The molecule has 26 heavy (non-hydrogen) atoms. The first-order chi connectivity index (χ1) is 12.4. The summed E-state index contributed by atoms with van der Waals surface area (Å²) >= 11 is 5.91. The molecule has 0 spiro atoms. The van der Waals surface area contributed by atoms with Gasteiger partial charge in [0.25, 0.3) is 0 Å². The van der Waals surface area contributed by atoms with Gasteiger partial charge in [-0.25, -0.2) is 18.1 Å². The maximum Gasteiger partial charge on any atom is 0.191 e. The molecule has 1 atom stereocenters. The summed E-state index contributed by atoms with van der Waals surface area (Å²) in [5.41, 5.74) is 1.88. The van der Waals surface area contributed by atoms with Gasteiger partial charge in [0.15, 0.2) is 15.8 Å². The van der Waals surface area contributed by atoms with Gasteiger partial charge in [-0.15, -0.1) is 0 Å². The van der Waals surface area contributed by atoms with Crippen molar-refractivity contribution in [2.24, 2.45) is 4.99 Å². The van der Waals surface area contributed by atoms with Gasteiger partial charge in [-0.2, -0.15) is 5.10 Å². The van der Waals surface area contributed by atoms with Crippen LogP contribution in [-0.4, -0.2) is 48.3 Å². The quantitative estimate of drug-likeness (QED) is 0.595. The molecule has 0 amide bonds. The summed E-state index contributed by atoms with van der Waals surface area (Å²) in [7, 11) is -2.92. The van der Waals surface area contributed by atoms with Crippen LogP contribution in [0.2, 0.25) is 5.02 Å². The number of aromatic nitrogens is 2. The minimum Gasteiger partial charge on any atom is -0.357 e. The predicted molar refractivity (Wildman–Crippen MR) is 104 cm³/mol. The number of nitrogens with one attached hydrogen (secondary N) is 2. The lowest BCUT2D eigenvalue weighted by molar-refractivity contribution is 0.599. The molecule has 7 nitrogen and oxygen atoms in total. The number of halogens is 1. The third-order valence-electron chi connectivity index (χ3n) is 4.06. The highest BCUT2D eigenvalue weighted by molar-refractivity contribution is 7.91. The summed E-state index contributed by atoms with van der Waals surface area (Å²) in [5, 5.41) is 11.4. The molecule has 140 valence electrons. The van der Waals surface area contributed by atoms with Crippen molar-refractivity contribution in [1.82, 2.24) is 20.4 Å². The average molecular weight is 396 g/mol. The third-order valence-corrected chi connectivity index (χ3v) is 6.08. The van der Waals surface area contributed by atoms with Gasteiger partial charge in [0.1, 0.15) is 0 Å². The Morgan fingerprint density at radius 2 is 2.15 bits per heavy atom. The van der Waals surface area contributed by atoms with Gasteiger partial charge in [0, 0.05) is 29.4 Å². The highest BCUT2D eigenvalue weighted by Gasteiger charge is 2.28. The van der Waals surface area contributed by atoms with Crippen molar-refractivity contribution >= 4 is 27.4 Å². The maximum absolute atomic E-state index is 11.6. The number of rotatable bonds is 5. The zero-order chi connectivity index (χ0) is 18.6. The average Bonchev–Trinajstić information content (AvgIpc) is 3.20. The summed E-state index contributed by atoms with van der Waals surface area (Å²) in [5.74, 6) is 1.01. The van der Waals surface area contributed by atoms with E-state index in [1.54, 1.807) is 10.9 Å². The van der Waals surface area contributed by atoms with Crippen molar-refractivity contribution in [3.63, 3.8) is 0 Å². The highest BCUT2D eigenvalue weighted by atomic mass is 35.5. The molecule has 0 aliphatic carbocycles. The molecule has 0 radical (unpaired) electrons. The minimum absolute atomic E-state index is 0.0883. The zero-order valence-corrected chi connectivity index (χ0v) is 16.1. The topological polar surface area (TPSA) is 88.4 Å². The maximum atomic E-state index is 11.6. The Morgan fingerprint density at radius 3 is 2.81 bits per heavy atom. The third kappa shape index (κ3) is 4.98. The number of sulfone groups is 1. The van der Waals surface area contributed by atoms with E-state index in [9.17, 15) is 8.42 Å². The molecule has 1 fully saturated rings. The minimum atomic E-state index is -2.92. The predicted octanol–water partition coefficient (Wildman–Crippen LogP) is 1.77. The van der Waals surface area contributed by atoms with E-state index >= 15 is 0 Å². The van der Waals surface area contributed by atoms with Crippen LogP contribution in [0.5, 0.6) is 0 Å². The number of hydrogen-bond donors (Lipinski definition) is 2. The molecule has 1 aliphatic heterocycles. The van der Waals surface area contributed by atoms with E-state index in [1.165, 1.54) is 0 Å². The van der Waals surface area contributed by atoms with E-state index in [1.807, 2.05) is 37.4 Å². The zero-order valence-electron chi connectivity index (χ0n) is 14.5. The Balaban J connectivity index is 1.65. The Hall–Kier alpha value is -2.06. The number of benzene rings is 1. The first-order valence-corrected chi connectivity index (χ1v) is 10.7. The number of nitrogens with zero attached hydrogens (tertiary/aromatic N) is 3. The Morgan fingerprint density at radius 1 is 1.38 bits per heavy atom. The van der Waals surface area contributed by atoms with E-state index in [2.05, 4.69) is 20.7 Å². The van der Waals surface area contributed by atoms with Crippen molar-refractivity contribution in [3.05, 3.63) is 47.2 Å². The SMILES string of the molecule is CCNC(=NCc1cnn(-c2ccc(Cl)cc2)c1)NC1CCS(=O)(=O)C1. The van der Waals surface area contributed by atoms with Crippen LogP contribution in [0.1, 0.15) is 18.9 Å². The van der Waals surface area contributed by atoms with Gasteiger partial charge >= 0.3 is 0 Å². The van der Waals surface area contributed by atoms with Crippen LogP contribution >= 0.6 is 11.6 Å². The number of guanidine groups is 1. The molecule has 3 rings (SSSR count). The van der Waals surface area contributed by atoms with Crippen LogP contribution in [0.25, 0.3) is 5.69 Å². The molecule has 2 N–H and O–H groups in total. The summed E-state index contributed by atoms with van der Waals surface area (Å²) < 4.78 is 25.0. The number of aliphatic imine (C=N–C) groups is 1. The lowest BCUT2D eigenvalue weighted by atomic mass is 10.3. The molecule has 1 unspecified atom stereocenters. The molecular weight excluding hydrogens is 374 g/mol. The molecule has 1 aliphatic rings. The van der Waals surface area contributed by atoms with Crippen LogP contribution in [0.4, 0.5) is 0 Å². The molecule has 0 bridgehead atoms. The van der Waals surface area contributed by atoms with Crippen molar-refractivity contribution < 1.29 is 8.42 Å². The van der Waals surface area contributed by atoms with Gasteiger partial charge in [0.05, 0.1) is 29.9 Å². The summed E-state index contributed by atoms with van der Waals surface area (Å²) in [6.45, 7) is 3.12. The molecule has 1 saturated heterocycles. The standard InChI is InChI=1S/C17H22ClN5O2S/c1-2-19-17(22-15-7-8-26(24,25)12-15)20-9-13-10-21-23(11-13)16-5-3-14(18)4-6-16/h3-6,10-11,15H,2,7-9,12H2,1H3,(H2,19,20,22). The Bertz CT molecular complexity index is 877.